The lowest BCUT2D eigenvalue weighted by atomic mass is 9.99. The summed E-state index contributed by atoms with van der Waals surface area (Å²) >= 11 is 0. The SMILES string of the molecule is CC1=NC(OCC2C=CC=CC2)CC(C)=C1CO. The van der Waals surface area contributed by atoms with Crippen molar-refractivity contribution >= 4 is 5.71 Å². The van der Waals surface area contributed by atoms with Crippen LogP contribution in [0.4, 0.5) is 0 Å². The van der Waals surface area contributed by atoms with Gasteiger partial charge >= 0.3 is 0 Å². The summed E-state index contributed by atoms with van der Waals surface area (Å²) in [5.41, 5.74) is 3.06. The molecule has 0 aromatic heterocycles. The minimum atomic E-state index is -0.0837. The molecule has 0 fully saturated rings. The third kappa shape index (κ3) is 3.18. The van der Waals surface area contributed by atoms with Crippen molar-refractivity contribution in [3.8, 4) is 0 Å². The summed E-state index contributed by atoms with van der Waals surface area (Å²) in [4.78, 5) is 4.50. The van der Waals surface area contributed by atoms with Gasteiger partial charge in [-0.15, -0.1) is 0 Å². The van der Waals surface area contributed by atoms with Crippen molar-refractivity contribution in [2.75, 3.05) is 13.2 Å². The number of aliphatic imine (C=N–C) groups is 1. The lowest BCUT2D eigenvalue weighted by Gasteiger charge is -2.24. The van der Waals surface area contributed by atoms with E-state index in [2.05, 4.69) is 29.3 Å². The van der Waals surface area contributed by atoms with Gasteiger partial charge in [-0.25, -0.2) is 0 Å². The molecule has 1 aliphatic heterocycles. The Labute approximate surface area is 109 Å². The zero-order valence-electron chi connectivity index (χ0n) is 11.1. The molecule has 1 N–H and O–H groups in total. The van der Waals surface area contributed by atoms with Crippen LogP contribution < -0.4 is 0 Å². The Hall–Kier alpha value is -1.19. The van der Waals surface area contributed by atoms with Gasteiger partial charge in [0.05, 0.1) is 13.2 Å². The zero-order chi connectivity index (χ0) is 13.0. The van der Waals surface area contributed by atoms with Crippen LogP contribution in [0.2, 0.25) is 0 Å². The van der Waals surface area contributed by atoms with Crippen molar-refractivity contribution in [1.82, 2.24) is 0 Å². The molecule has 0 spiro atoms. The van der Waals surface area contributed by atoms with E-state index >= 15 is 0 Å². The maximum absolute atomic E-state index is 9.26. The fourth-order valence-electron chi connectivity index (χ4n) is 2.37. The van der Waals surface area contributed by atoms with Crippen LogP contribution in [-0.2, 0) is 4.74 Å². The van der Waals surface area contributed by atoms with E-state index in [4.69, 9.17) is 4.74 Å². The maximum Gasteiger partial charge on any atom is 0.152 e. The van der Waals surface area contributed by atoms with E-state index in [1.54, 1.807) is 0 Å². The van der Waals surface area contributed by atoms with Gasteiger partial charge in [0.15, 0.2) is 6.23 Å². The maximum atomic E-state index is 9.26. The Balaban J connectivity index is 1.87. The van der Waals surface area contributed by atoms with E-state index in [0.717, 1.165) is 24.1 Å². The smallest absolute Gasteiger partial charge is 0.152 e. The highest BCUT2D eigenvalue weighted by Crippen LogP contribution is 2.22. The summed E-state index contributed by atoms with van der Waals surface area (Å²) in [6, 6.07) is 0. The molecule has 2 rings (SSSR count). The van der Waals surface area contributed by atoms with Gasteiger partial charge in [-0.2, -0.15) is 0 Å². The summed E-state index contributed by atoms with van der Waals surface area (Å²) < 4.78 is 5.87. The van der Waals surface area contributed by atoms with Gasteiger partial charge in [-0.3, -0.25) is 4.99 Å². The Bertz CT molecular complexity index is 418. The molecule has 2 atom stereocenters. The molecule has 0 aromatic rings. The number of hydrogen-bond acceptors (Lipinski definition) is 3. The second-order valence-corrected chi connectivity index (χ2v) is 4.93. The molecule has 0 amide bonds. The number of hydrogen-bond donors (Lipinski definition) is 1. The van der Waals surface area contributed by atoms with Crippen LogP contribution in [0.5, 0.6) is 0 Å². The Kier molecular flexibility index (Phi) is 4.50. The van der Waals surface area contributed by atoms with Crippen LogP contribution in [0.1, 0.15) is 26.7 Å². The minimum absolute atomic E-state index is 0.0735. The molecule has 1 heterocycles. The molecule has 0 radical (unpaired) electrons. The van der Waals surface area contributed by atoms with Gasteiger partial charge in [-0.1, -0.05) is 29.9 Å². The van der Waals surface area contributed by atoms with Crippen LogP contribution in [0.25, 0.3) is 0 Å². The van der Waals surface area contributed by atoms with Gasteiger partial charge in [0, 0.05) is 18.1 Å². The van der Waals surface area contributed by atoms with Gasteiger partial charge in [0.2, 0.25) is 0 Å². The average molecular weight is 247 g/mol. The van der Waals surface area contributed by atoms with E-state index in [-0.39, 0.29) is 12.8 Å². The Morgan fingerprint density at radius 2 is 2.22 bits per heavy atom. The second kappa shape index (κ2) is 6.12. The van der Waals surface area contributed by atoms with Crippen molar-refractivity contribution in [2.45, 2.75) is 32.9 Å². The summed E-state index contributed by atoms with van der Waals surface area (Å²) in [6.07, 6.45) is 10.2. The first-order valence-electron chi connectivity index (χ1n) is 6.50. The molecular weight excluding hydrogens is 226 g/mol. The number of aliphatic hydroxyl groups is 1. The highest BCUT2D eigenvalue weighted by Gasteiger charge is 2.19. The molecule has 0 aromatic carbocycles. The summed E-state index contributed by atoms with van der Waals surface area (Å²) in [7, 11) is 0. The highest BCUT2D eigenvalue weighted by atomic mass is 16.5. The lowest BCUT2D eigenvalue weighted by Crippen LogP contribution is -2.23. The van der Waals surface area contributed by atoms with Crippen molar-refractivity contribution in [2.24, 2.45) is 10.9 Å². The quantitative estimate of drug-likeness (QED) is 0.829. The first-order chi connectivity index (χ1) is 8.70. The number of ether oxygens (including phenoxy) is 1. The van der Waals surface area contributed by atoms with E-state index < -0.39 is 0 Å². The molecule has 0 saturated heterocycles. The Morgan fingerprint density at radius 1 is 1.39 bits per heavy atom. The first-order valence-corrected chi connectivity index (χ1v) is 6.50. The van der Waals surface area contributed by atoms with Gasteiger partial charge < -0.3 is 9.84 Å². The highest BCUT2D eigenvalue weighted by molar-refractivity contribution is 5.99. The van der Waals surface area contributed by atoms with Crippen LogP contribution in [0, 0.1) is 5.92 Å². The number of aliphatic hydroxyl groups excluding tert-OH is 1. The van der Waals surface area contributed by atoms with Crippen molar-refractivity contribution in [3.63, 3.8) is 0 Å². The van der Waals surface area contributed by atoms with E-state index in [1.165, 1.54) is 5.57 Å². The third-order valence-electron chi connectivity index (χ3n) is 3.50. The molecule has 2 unspecified atom stereocenters. The van der Waals surface area contributed by atoms with Crippen molar-refractivity contribution in [1.29, 1.82) is 0 Å². The molecule has 0 bridgehead atoms. The van der Waals surface area contributed by atoms with Gasteiger partial charge in [0.1, 0.15) is 0 Å². The fourth-order valence-corrected chi connectivity index (χ4v) is 2.37. The molecule has 3 nitrogen and oxygen atoms in total. The van der Waals surface area contributed by atoms with Crippen molar-refractivity contribution < 1.29 is 9.84 Å². The number of nitrogens with zero attached hydrogens (tertiary/aromatic N) is 1. The predicted molar refractivity (Wildman–Crippen MR) is 73.6 cm³/mol. The molecule has 18 heavy (non-hydrogen) atoms. The van der Waals surface area contributed by atoms with Crippen LogP contribution >= 0.6 is 0 Å². The number of dihydropyridines is 1. The monoisotopic (exact) mass is 247 g/mol. The normalized spacial score (nSPS) is 27.6. The molecule has 98 valence electrons. The van der Waals surface area contributed by atoms with Crippen molar-refractivity contribution in [3.05, 3.63) is 35.5 Å². The van der Waals surface area contributed by atoms with Gasteiger partial charge in [0.25, 0.3) is 0 Å². The first kappa shape index (κ1) is 13.2. The molecule has 3 heteroatoms. The summed E-state index contributed by atoms with van der Waals surface area (Å²) in [6.45, 7) is 4.77. The van der Waals surface area contributed by atoms with Crippen LogP contribution in [-0.4, -0.2) is 30.3 Å². The molecule has 2 aliphatic rings. The largest absolute Gasteiger partial charge is 0.392 e. The van der Waals surface area contributed by atoms with E-state index in [9.17, 15) is 5.11 Å². The standard InChI is InChI=1S/C15H21NO2/c1-11-8-15(16-12(2)14(11)9-17)18-10-13-6-4-3-5-7-13/h3-6,13,15,17H,7-10H2,1-2H3. The van der Waals surface area contributed by atoms with Gasteiger partial charge in [-0.05, 0) is 25.8 Å². The summed E-state index contributed by atoms with van der Waals surface area (Å²) in [5, 5.41) is 9.26. The van der Waals surface area contributed by atoms with Crippen LogP contribution in [0.3, 0.4) is 0 Å². The Morgan fingerprint density at radius 3 is 2.83 bits per heavy atom. The summed E-state index contributed by atoms with van der Waals surface area (Å²) in [5.74, 6) is 0.467. The van der Waals surface area contributed by atoms with E-state index in [1.807, 2.05) is 13.8 Å². The second-order valence-electron chi connectivity index (χ2n) is 4.93. The third-order valence-corrected chi connectivity index (χ3v) is 3.50. The number of rotatable bonds is 4. The zero-order valence-corrected chi connectivity index (χ0v) is 11.1. The van der Waals surface area contributed by atoms with Crippen LogP contribution in [0.15, 0.2) is 40.4 Å². The molecule has 0 saturated carbocycles. The molecule has 1 aliphatic carbocycles. The average Bonchev–Trinajstić information content (AvgIpc) is 2.37. The topological polar surface area (TPSA) is 41.8 Å². The minimum Gasteiger partial charge on any atom is -0.392 e. The fraction of sp³-hybridized carbons (Fsp3) is 0.533. The van der Waals surface area contributed by atoms with E-state index in [0.29, 0.717) is 12.5 Å². The lowest BCUT2D eigenvalue weighted by molar-refractivity contribution is 0.0429. The number of allylic oxidation sites excluding steroid dienone is 3. The predicted octanol–water partition coefficient (Wildman–Crippen LogP) is 2.63. The molecular formula is C15H21NO2.